The van der Waals surface area contributed by atoms with Crippen molar-refractivity contribution in [3.8, 4) is 11.3 Å². The third-order valence-corrected chi connectivity index (χ3v) is 5.30. The minimum absolute atomic E-state index is 0.120. The van der Waals surface area contributed by atoms with Gasteiger partial charge in [-0.1, -0.05) is 42.5 Å². The normalized spacial score (nSPS) is 11.1. The molecule has 0 unspecified atom stereocenters. The number of hydrogen-bond acceptors (Lipinski definition) is 5. The van der Waals surface area contributed by atoms with Crippen molar-refractivity contribution in [2.45, 2.75) is 32.9 Å². The Morgan fingerprint density at radius 2 is 1.74 bits per heavy atom. The second-order valence-corrected chi connectivity index (χ2v) is 8.99. The molecule has 1 heterocycles. The van der Waals surface area contributed by atoms with Gasteiger partial charge in [-0.2, -0.15) is 0 Å². The lowest BCUT2D eigenvalue weighted by molar-refractivity contribution is -0.115. The lowest BCUT2D eigenvalue weighted by Gasteiger charge is -2.35. The van der Waals surface area contributed by atoms with E-state index in [0.717, 1.165) is 16.8 Å². The molecule has 0 saturated carbocycles. The summed E-state index contributed by atoms with van der Waals surface area (Å²) in [6, 6.07) is 16.8. The molecule has 3 amide bonds. The molecular weight excluding hydrogens is 410 g/mol. The SMILES string of the molecule is CC(C)(C)N(Cc1ccccc1)C(=O)NCC(=O)Nc1ccc(-c2csc(N)n2)cc1. The van der Waals surface area contributed by atoms with Gasteiger partial charge in [0.25, 0.3) is 0 Å². The summed E-state index contributed by atoms with van der Waals surface area (Å²) < 4.78 is 0. The van der Waals surface area contributed by atoms with Gasteiger partial charge in [0.15, 0.2) is 5.13 Å². The predicted molar refractivity (Wildman–Crippen MR) is 126 cm³/mol. The molecule has 0 radical (unpaired) electrons. The van der Waals surface area contributed by atoms with Gasteiger partial charge < -0.3 is 21.3 Å². The van der Waals surface area contributed by atoms with Crippen LogP contribution >= 0.6 is 11.3 Å². The number of hydrogen-bond donors (Lipinski definition) is 3. The maximum atomic E-state index is 12.8. The summed E-state index contributed by atoms with van der Waals surface area (Å²) in [5, 5.41) is 7.91. The van der Waals surface area contributed by atoms with Gasteiger partial charge in [-0.05, 0) is 38.5 Å². The van der Waals surface area contributed by atoms with Gasteiger partial charge in [-0.15, -0.1) is 11.3 Å². The highest BCUT2D eigenvalue weighted by Crippen LogP contribution is 2.24. The number of urea groups is 1. The molecule has 3 rings (SSSR count). The number of thiazole rings is 1. The van der Waals surface area contributed by atoms with Crippen LogP contribution in [-0.2, 0) is 11.3 Å². The lowest BCUT2D eigenvalue weighted by Crippen LogP contribution is -2.51. The number of aromatic nitrogens is 1. The first-order valence-corrected chi connectivity index (χ1v) is 10.8. The second kappa shape index (κ2) is 9.61. The monoisotopic (exact) mass is 437 g/mol. The Labute approximate surface area is 186 Å². The van der Waals surface area contributed by atoms with E-state index in [1.807, 2.05) is 68.6 Å². The van der Waals surface area contributed by atoms with Crippen LogP contribution in [-0.4, -0.2) is 33.9 Å². The van der Waals surface area contributed by atoms with E-state index in [1.54, 1.807) is 17.0 Å². The summed E-state index contributed by atoms with van der Waals surface area (Å²) in [4.78, 5) is 31.1. The van der Waals surface area contributed by atoms with Crippen LogP contribution < -0.4 is 16.4 Å². The highest BCUT2D eigenvalue weighted by molar-refractivity contribution is 7.13. The van der Waals surface area contributed by atoms with E-state index in [0.29, 0.717) is 17.4 Å². The van der Waals surface area contributed by atoms with Gasteiger partial charge in [0.05, 0.1) is 12.2 Å². The Morgan fingerprint density at radius 3 is 2.32 bits per heavy atom. The fourth-order valence-corrected chi connectivity index (χ4v) is 3.55. The number of anilines is 2. The zero-order valence-corrected chi connectivity index (χ0v) is 18.7. The van der Waals surface area contributed by atoms with Crippen molar-refractivity contribution < 1.29 is 9.59 Å². The molecule has 0 fully saturated rings. The number of nitrogens with zero attached hydrogens (tertiary/aromatic N) is 2. The van der Waals surface area contributed by atoms with Crippen molar-refractivity contribution in [3.05, 3.63) is 65.5 Å². The van der Waals surface area contributed by atoms with Crippen molar-refractivity contribution >= 4 is 34.1 Å². The van der Waals surface area contributed by atoms with Crippen LogP contribution in [0, 0.1) is 0 Å². The number of carbonyl (C=O) groups excluding carboxylic acids is 2. The highest BCUT2D eigenvalue weighted by atomic mass is 32.1. The lowest BCUT2D eigenvalue weighted by atomic mass is 10.1. The first-order chi connectivity index (χ1) is 14.7. The standard InChI is InChI=1S/C23H27N5O2S/c1-23(2,3)28(14-16-7-5-4-6-8-16)22(30)25-13-20(29)26-18-11-9-17(10-12-18)19-15-31-21(24)27-19/h4-12,15H,13-14H2,1-3H3,(H2,24,27)(H,25,30)(H,26,29). The number of amides is 3. The molecule has 4 N–H and O–H groups in total. The molecule has 0 aliphatic carbocycles. The van der Waals surface area contributed by atoms with Crippen molar-refractivity contribution in [2.75, 3.05) is 17.6 Å². The Kier molecular flexibility index (Phi) is 6.91. The van der Waals surface area contributed by atoms with Crippen LogP contribution in [0.4, 0.5) is 15.6 Å². The fraction of sp³-hybridized carbons (Fsp3) is 0.261. The van der Waals surface area contributed by atoms with Gasteiger partial charge in [-0.25, -0.2) is 9.78 Å². The van der Waals surface area contributed by atoms with Gasteiger partial charge in [0.2, 0.25) is 5.91 Å². The van der Waals surface area contributed by atoms with Crippen molar-refractivity contribution in [2.24, 2.45) is 0 Å². The van der Waals surface area contributed by atoms with Crippen LogP contribution in [0.15, 0.2) is 60.0 Å². The topological polar surface area (TPSA) is 100 Å². The van der Waals surface area contributed by atoms with Gasteiger partial charge in [0, 0.05) is 28.7 Å². The number of carbonyl (C=O) groups is 2. The van der Waals surface area contributed by atoms with E-state index in [9.17, 15) is 9.59 Å². The largest absolute Gasteiger partial charge is 0.375 e. The molecule has 0 bridgehead atoms. The second-order valence-electron chi connectivity index (χ2n) is 8.10. The Balaban J connectivity index is 1.55. The van der Waals surface area contributed by atoms with E-state index in [2.05, 4.69) is 15.6 Å². The first kappa shape index (κ1) is 22.3. The molecule has 3 aromatic rings. The van der Waals surface area contributed by atoms with Crippen molar-refractivity contribution in [1.82, 2.24) is 15.2 Å². The van der Waals surface area contributed by atoms with Crippen LogP contribution in [0.3, 0.4) is 0 Å². The van der Waals surface area contributed by atoms with Crippen LogP contribution in [0.2, 0.25) is 0 Å². The van der Waals surface area contributed by atoms with E-state index < -0.39 is 5.54 Å². The summed E-state index contributed by atoms with van der Waals surface area (Å²) in [7, 11) is 0. The first-order valence-electron chi connectivity index (χ1n) is 9.93. The fourth-order valence-electron chi connectivity index (χ4n) is 2.98. The number of nitrogen functional groups attached to an aromatic ring is 1. The molecule has 0 aliphatic heterocycles. The summed E-state index contributed by atoms with van der Waals surface area (Å²) >= 11 is 1.38. The molecule has 0 spiro atoms. The zero-order valence-electron chi connectivity index (χ0n) is 17.9. The van der Waals surface area contributed by atoms with E-state index >= 15 is 0 Å². The van der Waals surface area contributed by atoms with Gasteiger partial charge in [0.1, 0.15) is 0 Å². The molecule has 7 nitrogen and oxygen atoms in total. The Bertz CT molecular complexity index is 1030. The van der Waals surface area contributed by atoms with E-state index in [1.165, 1.54) is 11.3 Å². The minimum atomic E-state index is -0.398. The van der Waals surface area contributed by atoms with Crippen LogP contribution in [0.5, 0.6) is 0 Å². The molecule has 0 atom stereocenters. The molecule has 0 saturated heterocycles. The number of benzene rings is 2. The maximum absolute atomic E-state index is 12.8. The average Bonchev–Trinajstić information content (AvgIpc) is 3.17. The molecular formula is C23H27N5O2S. The van der Waals surface area contributed by atoms with Gasteiger partial charge >= 0.3 is 6.03 Å². The number of rotatable bonds is 6. The molecule has 2 aromatic carbocycles. The molecule has 31 heavy (non-hydrogen) atoms. The smallest absolute Gasteiger partial charge is 0.318 e. The highest BCUT2D eigenvalue weighted by Gasteiger charge is 2.26. The number of nitrogens with one attached hydrogen (secondary N) is 2. The Hall–Kier alpha value is -3.39. The third-order valence-electron chi connectivity index (χ3n) is 4.62. The molecule has 1 aromatic heterocycles. The van der Waals surface area contributed by atoms with E-state index in [4.69, 9.17) is 5.73 Å². The quantitative estimate of drug-likeness (QED) is 0.534. The molecule has 0 aliphatic rings. The van der Waals surface area contributed by atoms with Crippen molar-refractivity contribution in [1.29, 1.82) is 0 Å². The minimum Gasteiger partial charge on any atom is -0.375 e. The van der Waals surface area contributed by atoms with E-state index in [-0.39, 0.29) is 18.5 Å². The summed E-state index contributed by atoms with van der Waals surface area (Å²) in [5.41, 5.74) is 8.66. The molecule has 162 valence electrons. The number of nitrogens with two attached hydrogens (primary N) is 1. The average molecular weight is 438 g/mol. The van der Waals surface area contributed by atoms with Gasteiger partial charge in [-0.3, -0.25) is 4.79 Å². The summed E-state index contributed by atoms with van der Waals surface area (Å²) in [6.45, 7) is 6.23. The zero-order chi connectivity index (χ0) is 22.4. The van der Waals surface area contributed by atoms with Crippen LogP contribution in [0.25, 0.3) is 11.3 Å². The third kappa shape index (κ3) is 6.29. The Morgan fingerprint density at radius 1 is 1.06 bits per heavy atom. The van der Waals surface area contributed by atoms with Crippen LogP contribution in [0.1, 0.15) is 26.3 Å². The summed E-state index contributed by atoms with van der Waals surface area (Å²) in [5.74, 6) is -0.299. The summed E-state index contributed by atoms with van der Waals surface area (Å²) in [6.07, 6.45) is 0. The van der Waals surface area contributed by atoms with Crippen molar-refractivity contribution in [3.63, 3.8) is 0 Å². The molecule has 8 heteroatoms. The maximum Gasteiger partial charge on any atom is 0.318 e. The predicted octanol–water partition coefficient (Wildman–Crippen LogP) is 4.34.